The number of aryl methyl sites for hydroxylation is 2. The van der Waals surface area contributed by atoms with Crippen LogP contribution in [-0.4, -0.2) is 0 Å². The maximum atomic E-state index is 6.11. The number of benzene rings is 1. The fraction of sp³-hybridized carbons (Fsp3) is 0.286. The number of thiophene rings is 1. The van der Waals surface area contributed by atoms with Crippen molar-refractivity contribution in [2.45, 2.75) is 26.9 Å². The number of hydrogen-bond donors (Lipinski definition) is 1. The van der Waals surface area contributed by atoms with Gasteiger partial charge in [0, 0.05) is 32.9 Å². The zero-order chi connectivity index (χ0) is 13.1. The molecule has 1 N–H and O–H groups in total. The monoisotopic (exact) mass is 299 g/mol. The molecule has 1 heterocycles. The Morgan fingerprint density at radius 3 is 2.56 bits per heavy atom. The summed E-state index contributed by atoms with van der Waals surface area (Å²) in [6.07, 6.45) is 0. The maximum Gasteiger partial charge on any atom is 0.0451 e. The minimum Gasteiger partial charge on any atom is -0.308 e. The molecule has 96 valence electrons. The molecular weight excluding hydrogens is 285 g/mol. The van der Waals surface area contributed by atoms with E-state index in [1.807, 2.05) is 23.5 Å². The zero-order valence-corrected chi connectivity index (χ0v) is 12.7. The molecule has 1 aromatic heterocycles. The van der Waals surface area contributed by atoms with Crippen LogP contribution >= 0.6 is 34.5 Å². The third kappa shape index (κ3) is 3.48. The third-order valence-electron chi connectivity index (χ3n) is 2.84. The van der Waals surface area contributed by atoms with Gasteiger partial charge in [-0.1, -0.05) is 23.2 Å². The molecule has 0 aliphatic rings. The second-order valence-corrected chi connectivity index (χ2v) is 6.48. The first-order chi connectivity index (χ1) is 8.56. The molecule has 0 aliphatic carbocycles. The summed E-state index contributed by atoms with van der Waals surface area (Å²) in [4.78, 5) is 2.73. The first-order valence-corrected chi connectivity index (χ1v) is 7.34. The lowest BCUT2D eigenvalue weighted by Gasteiger charge is -2.06. The molecule has 0 amide bonds. The average Bonchev–Trinajstić information content (AvgIpc) is 2.63. The predicted molar refractivity (Wildman–Crippen MR) is 80.8 cm³/mol. The Labute approximate surface area is 122 Å². The van der Waals surface area contributed by atoms with Gasteiger partial charge >= 0.3 is 0 Å². The van der Waals surface area contributed by atoms with Crippen LogP contribution in [0.4, 0.5) is 0 Å². The van der Waals surface area contributed by atoms with E-state index in [2.05, 4.69) is 25.2 Å². The summed E-state index contributed by atoms with van der Waals surface area (Å²) < 4.78 is 0. The van der Waals surface area contributed by atoms with E-state index in [4.69, 9.17) is 23.2 Å². The Kier molecular flexibility index (Phi) is 4.68. The van der Waals surface area contributed by atoms with Crippen molar-refractivity contribution in [1.29, 1.82) is 0 Å². The fourth-order valence-electron chi connectivity index (χ4n) is 1.74. The Balaban J connectivity index is 1.94. The zero-order valence-electron chi connectivity index (χ0n) is 10.4. The van der Waals surface area contributed by atoms with Crippen molar-refractivity contribution in [1.82, 2.24) is 5.32 Å². The van der Waals surface area contributed by atoms with Crippen molar-refractivity contribution in [3.8, 4) is 0 Å². The van der Waals surface area contributed by atoms with Gasteiger partial charge in [0.15, 0.2) is 0 Å². The van der Waals surface area contributed by atoms with Crippen LogP contribution in [0.2, 0.25) is 10.0 Å². The minimum absolute atomic E-state index is 0.721. The standard InChI is InChI=1S/C14H15Cl2NS/c1-9-5-13(18-10(9)2)8-17-7-11-6-12(15)3-4-14(11)16/h3-6,17H,7-8H2,1-2H3. The summed E-state index contributed by atoms with van der Waals surface area (Å²) in [5.41, 5.74) is 2.40. The van der Waals surface area contributed by atoms with Crippen molar-refractivity contribution >= 4 is 34.5 Å². The highest BCUT2D eigenvalue weighted by atomic mass is 35.5. The lowest BCUT2D eigenvalue weighted by molar-refractivity contribution is 0.701. The van der Waals surface area contributed by atoms with Gasteiger partial charge in [-0.3, -0.25) is 0 Å². The molecule has 0 saturated carbocycles. The van der Waals surface area contributed by atoms with Crippen LogP contribution in [0.1, 0.15) is 20.9 Å². The summed E-state index contributed by atoms with van der Waals surface area (Å²) in [5.74, 6) is 0. The van der Waals surface area contributed by atoms with Gasteiger partial charge in [0.1, 0.15) is 0 Å². The summed E-state index contributed by atoms with van der Waals surface area (Å²) >= 11 is 13.9. The summed E-state index contributed by atoms with van der Waals surface area (Å²) in [6.45, 7) is 5.89. The first kappa shape index (κ1) is 13.9. The lowest BCUT2D eigenvalue weighted by Crippen LogP contribution is -2.12. The maximum absolute atomic E-state index is 6.11. The molecule has 0 atom stereocenters. The molecule has 18 heavy (non-hydrogen) atoms. The normalized spacial score (nSPS) is 10.9. The fourth-order valence-corrected chi connectivity index (χ4v) is 3.14. The molecule has 0 fully saturated rings. The van der Waals surface area contributed by atoms with Crippen LogP contribution in [0.15, 0.2) is 24.3 Å². The van der Waals surface area contributed by atoms with Crippen LogP contribution in [0.25, 0.3) is 0 Å². The van der Waals surface area contributed by atoms with E-state index in [0.29, 0.717) is 0 Å². The van der Waals surface area contributed by atoms with E-state index in [1.54, 1.807) is 6.07 Å². The van der Waals surface area contributed by atoms with Crippen molar-refractivity contribution in [3.63, 3.8) is 0 Å². The minimum atomic E-state index is 0.721. The molecule has 1 aromatic carbocycles. The Bertz CT molecular complexity index is 529. The van der Waals surface area contributed by atoms with Gasteiger partial charge in [-0.15, -0.1) is 11.3 Å². The van der Waals surface area contributed by atoms with E-state index in [9.17, 15) is 0 Å². The van der Waals surface area contributed by atoms with Gasteiger partial charge in [-0.25, -0.2) is 0 Å². The molecule has 0 unspecified atom stereocenters. The third-order valence-corrected chi connectivity index (χ3v) is 4.60. The van der Waals surface area contributed by atoms with E-state index >= 15 is 0 Å². The largest absolute Gasteiger partial charge is 0.308 e. The molecule has 2 rings (SSSR count). The van der Waals surface area contributed by atoms with Crippen LogP contribution in [0.5, 0.6) is 0 Å². The smallest absolute Gasteiger partial charge is 0.0451 e. The van der Waals surface area contributed by atoms with E-state index in [1.165, 1.54) is 15.3 Å². The van der Waals surface area contributed by atoms with Crippen LogP contribution in [-0.2, 0) is 13.1 Å². The highest BCUT2D eigenvalue weighted by Crippen LogP contribution is 2.22. The molecule has 4 heteroatoms. The SMILES string of the molecule is Cc1cc(CNCc2cc(Cl)ccc2Cl)sc1C. The average molecular weight is 300 g/mol. The Hall–Kier alpha value is -0.540. The summed E-state index contributed by atoms with van der Waals surface area (Å²) in [6, 6.07) is 7.77. The highest BCUT2D eigenvalue weighted by Gasteiger charge is 2.03. The van der Waals surface area contributed by atoms with Crippen LogP contribution < -0.4 is 5.32 Å². The second kappa shape index (κ2) is 6.07. The van der Waals surface area contributed by atoms with E-state index < -0.39 is 0 Å². The molecule has 2 aromatic rings. The number of rotatable bonds is 4. The molecule has 0 aliphatic heterocycles. The first-order valence-electron chi connectivity index (χ1n) is 5.77. The number of hydrogen-bond acceptors (Lipinski definition) is 2. The second-order valence-electron chi connectivity index (χ2n) is 4.29. The van der Waals surface area contributed by atoms with Crippen molar-refractivity contribution in [2.24, 2.45) is 0 Å². The van der Waals surface area contributed by atoms with Crippen molar-refractivity contribution in [2.75, 3.05) is 0 Å². The van der Waals surface area contributed by atoms with Gasteiger partial charge in [-0.2, -0.15) is 0 Å². The quantitative estimate of drug-likeness (QED) is 0.841. The van der Waals surface area contributed by atoms with Gasteiger partial charge in [-0.05, 0) is 49.2 Å². The van der Waals surface area contributed by atoms with Crippen molar-refractivity contribution in [3.05, 3.63) is 55.2 Å². The van der Waals surface area contributed by atoms with E-state index in [-0.39, 0.29) is 0 Å². The molecule has 0 bridgehead atoms. The van der Waals surface area contributed by atoms with Crippen molar-refractivity contribution < 1.29 is 0 Å². The van der Waals surface area contributed by atoms with E-state index in [0.717, 1.165) is 28.7 Å². The molecule has 0 radical (unpaired) electrons. The Morgan fingerprint density at radius 1 is 1.11 bits per heavy atom. The molecule has 0 saturated heterocycles. The predicted octanol–water partition coefficient (Wildman–Crippen LogP) is 4.96. The lowest BCUT2D eigenvalue weighted by atomic mass is 10.2. The molecule has 0 spiro atoms. The van der Waals surface area contributed by atoms with Gasteiger partial charge in [0.25, 0.3) is 0 Å². The van der Waals surface area contributed by atoms with Gasteiger partial charge in [0.05, 0.1) is 0 Å². The number of nitrogens with one attached hydrogen (secondary N) is 1. The summed E-state index contributed by atoms with van der Waals surface area (Å²) in [7, 11) is 0. The van der Waals surface area contributed by atoms with Crippen LogP contribution in [0, 0.1) is 13.8 Å². The van der Waals surface area contributed by atoms with Gasteiger partial charge < -0.3 is 5.32 Å². The molecule has 1 nitrogen and oxygen atoms in total. The summed E-state index contributed by atoms with van der Waals surface area (Å²) in [5, 5.41) is 4.87. The highest BCUT2D eigenvalue weighted by molar-refractivity contribution is 7.12. The van der Waals surface area contributed by atoms with Gasteiger partial charge in [0.2, 0.25) is 0 Å². The molecular formula is C14H15Cl2NS. The topological polar surface area (TPSA) is 12.0 Å². The van der Waals surface area contributed by atoms with Crippen LogP contribution in [0.3, 0.4) is 0 Å². The Morgan fingerprint density at radius 2 is 1.89 bits per heavy atom. The number of halogens is 2.